The van der Waals surface area contributed by atoms with Crippen LogP contribution in [0.15, 0.2) is 23.8 Å². The summed E-state index contributed by atoms with van der Waals surface area (Å²) in [6.07, 6.45) is 5.64. The van der Waals surface area contributed by atoms with Crippen molar-refractivity contribution in [2.45, 2.75) is 76.7 Å². The molecule has 2 aliphatic rings. The second-order valence-electron chi connectivity index (χ2n) is 9.69. The summed E-state index contributed by atoms with van der Waals surface area (Å²) < 4.78 is 12.4. The molecule has 206 valence electrons. The molecule has 0 heterocycles. The van der Waals surface area contributed by atoms with Crippen molar-refractivity contribution in [3.8, 4) is 11.5 Å². The fraction of sp³-hybridized carbons (Fsp3) is 0.630. The monoisotopic (exact) mass is 630 g/mol. The zero-order valence-corrected chi connectivity index (χ0v) is 23.8. The predicted octanol–water partition coefficient (Wildman–Crippen LogP) is 2.53. The molecule has 0 saturated heterocycles. The van der Waals surface area contributed by atoms with Crippen LogP contribution >= 0.6 is 22.6 Å². The van der Waals surface area contributed by atoms with Gasteiger partial charge in [0.05, 0.1) is 29.9 Å². The maximum atomic E-state index is 13.1. The van der Waals surface area contributed by atoms with Gasteiger partial charge < -0.3 is 35.0 Å². The summed E-state index contributed by atoms with van der Waals surface area (Å²) in [5.41, 5.74) is 1.05. The van der Waals surface area contributed by atoms with Crippen LogP contribution in [0.1, 0.15) is 57.4 Å². The molecule has 3 atom stereocenters. The number of hydrogen-bond donors (Lipinski definition) is 4. The van der Waals surface area contributed by atoms with Crippen molar-refractivity contribution in [2.24, 2.45) is 5.92 Å². The Balaban J connectivity index is 1.96. The normalized spacial score (nSPS) is 22.2. The molecule has 2 aliphatic carbocycles. The van der Waals surface area contributed by atoms with E-state index in [1.807, 2.05) is 0 Å². The van der Waals surface area contributed by atoms with Gasteiger partial charge in [-0.15, -0.1) is 0 Å². The summed E-state index contributed by atoms with van der Waals surface area (Å²) in [6, 6.07) is 2.79. The van der Waals surface area contributed by atoms with Gasteiger partial charge in [0.25, 0.3) is 0 Å². The van der Waals surface area contributed by atoms with Crippen molar-refractivity contribution in [1.82, 2.24) is 10.2 Å². The van der Waals surface area contributed by atoms with Crippen LogP contribution in [0.25, 0.3) is 0 Å². The zero-order chi connectivity index (χ0) is 26.9. The Morgan fingerprint density at radius 2 is 1.92 bits per heavy atom. The van der Waals surface area contributed by atoms with Crippen molar-refractivity contribution < 1.29 is 34.4 Å². The van der Waals surface area contributed by atoms with Gasteiger partial charge in [-0.2, -0.15) is 0 Å². The Bertz CT molecular complexity index is 964. The molecule has 0 aliphatic heterocycles. The van der Waals surface area contributed by atoms with E-state index in [9.17, 15) is 24.9 Å². The lowest BCUT2D eigenvalue weighted by molar-refractivity contribution is -0.139. The first-order valence-corrected chi connectivity index (χ1v) is 14.1. The molecule has 10 heteroatoms. The van der Waals surface area contributed by atoms with E-state index in [0.29, 0.717) is 45.1 Å². The maximum Gasteiger partial charge on any atom is 0.247 e. The SMILES string of the molecule is CCC(=O)N(CC1CCCCC1)[C@@H]1CC(C(=O)NCCO)=C[C@H](Oc2c(I)cc(CO)cc2OC)[C@H]1O. The molecule has 1 saturated carbocycles. The van der Waals surface area contributed by atoms with E-state index < -0.39 is 18.2 Å². The van der Waals surface area contributed by atoms with Crippen LogP contribution < -0.4 is 14.8 Å². The molecule has 37 heavy (non-hydrogen) atoms. The summed E-state index contributed by atoms with van der Waals surface area (Å²) in [5, 5.41) is 33.0. The first kappa shape index (κ1) is 29.7. The lowest BCUT2D eigenvalue weighted by Crippen LogP contribution is -2.56. The Labute approximate surface area is 232 Å². The second-order valence-corrected chi connectivity index (χ2v) is 10.8. The molecule has 2 amide bonds. The highest BCUT2D eigenvalue weighted by molar-refractivity contribution is 14.1. The van der Waals surface area contributed by atoms with Crippen LogP contribution in [0, 0.1) is 9.49 Å². The highest BCUT2D eigenvalue weighted by Crippen LogP contribution is 2.37. The second kappa shape index (κ2) is 14.3. The Morgan fingerprint density at radius 3 is 2.54 bits per heavy atom. The molecule has 0 spiro atoms. The minimum Gasteiger partial charge on any atom is -0.493 e. The van der Waals surface area contributed by atoms with E-state index >= 15 is 0 Å². The summed E-state index contributed by atoms with van der Waals surface area (Å²) in [4.78, 5) is 27.8. The number of methoxy groups -OCH3 is 1. The van der Waals surface area contributed by atoms with Crippen LogP contribution in [0.4, 0.5) is 0 Å². The highest BCUT2D eigenvalue weighted by atomic mass is 127. The topological polar surface area (TPSA) is 129 Å². The van der Waals surface area contributed by atoms with Crippen LogP contribution in [0.5, 0.6) is 11.5 Å². The minimum absolute atomic E-state index is 0.0650. The molecule has 1 aromatic carbocycles. The van der Waals surface area contributed by atoms with E-state index in [2.05, 4.69) is 27.9 Å². The van der Waals surface area contributed by atoms with E-state index in [1.54, 1.807) is 30.0 Å². The number of aliphatic hydroxyl groups is 3. The summed E-state index contributed by atoms with van der Waals surface area (Å²) >= 11 is 2.08. The lowest BCUT2D eigenvalue weighted by atomic mass is 9.85. The van der Waals surface area contributed by atoms with Crippen molar-refractivity contribution in [2.75, 3.05) is 26.8 Å². The molecular formula is C27H39IN2O7. The van der Waals surface area contributed by atoms with Crippen LogP contribution in [0.2, 0.25) is 0 Å². The average Bonchev–Trinajstić information content (AvgIpc) is 2.92. The molecular weight excluding hydrogens is 591 g/mol. The number of halogens is 1. The molecule has 4 N–H and O–H groups in total. The standard InChI is InChI=1S/C27H39IN2O7/c1-3-24(33)30(15-17-7-5-4-6-8-17)21-13-19(27(35)29-9-10-31)14-22(25(21)34)37-26-20(28)11-18(16-32)12-23(26)36-2/h11-12,14,17,21-22,25,31-32,34H,3-10,13,15-16H2,1-2H3,(H,29,35)/t21-,22+,25+/m1/s1. The number of benzene rings is 1. The van der Waals surface area contributed by atoms with E-state index in [1.165, 1.54) is 13.5 Å². The van der Waals surface area contributed by atoms with Gasteiger partial charge in [-0.05, 0) is 65.1 Å². The average molecular weight is 631 g/mol. The van der Waals surface area contributed by atoms with Gasteiger partial charge in [-0.25, -0.2) is 0 Å². The summed E-state index contributed by atoms with van der Waals surface area (Å²) in [6.45, 7) is 2.09. The third kappa shape index (κ3) is 7.58. The number of nitrogens with zero attached hydrogens (tertiary/aromatic N) is 1. The molecule has 0 aromatic heterocycles. The van der Waals surface area contributed by atoms with Crippen molar-refractivity contribution in [3.05, 3.63) is 32.9 Å². The smallest absolute Gasteiger partial charge is 0.247 e. The van der Waals surface area contributed by atoms with Gasteiger partial charge in [0.15, 0.2) is 11.5 Å². The number of aliphatic hydroxyl groups excluding tert-OH is 3. The Hall–Kier alpha value is -1.89. The minimum atomic E-state index is -1.08. The van der Waals surface area contributed by atoms with Gasteiger partial charge in [0.2, 0.25) is 11.8 Å². The van der Waals surface area contributed by atoms with Crippen LogP contribution in [0.3, 0.4) is 0 Å². The van der Waals surface area contributed by atoms with Crippen molar-refractivity contribution in [3.63, 3.8) is 0 Å². The Kier molecular flexibility index (Phi) is 11.5. The molecule has 1 aromatic rings. The number of carbonyl (C=O) groups is 2. The summed E-state index contributed by atoms with van der Waals surface area (Å²) in [7, 11) is 1.49. The van der Waals surface area contributed by atoms with Gasteiger partial charge in [0.1, 0.15) is 12.2 Å². The number of rotatable bonds is 11. The number of ether oxygens (including phenoxy) is 2. The number of carbonyl (C=O) groups excluding carboxylic acids is 2. The van der Waals surface area contributed by atoms with Crippen LogP contribution in [-0.2, 0) is 16.2 Å². The number of hydrogen-bond acceptors (Lipinski definition) is 7. The van der Waals surface area contributed by atoms with Crippen molar-refractivity contribution in [1.29, 1.82) is 0 Å². The molecule has 0 radical (unpaired) electrons. The van der Waals surface area contributed by atoms with Crippen LogP contribution in [-0.4, -0.2) is 77.1 Å². The fourth-order valence-corrected chi connectivity index (χ4v) is 5.96. The zero-order valence-electron chi connectivity index (χ0n) is 21.6. The maximum absolute atomic E-state index is 13.1. The fourth-order valence-electron chi connectivity index (χ4n) is 5.17. The molecule has 1 fully saturated rings. The van der Waals surface area contributed by atoms with E-state index in [-0.39, 0.29) is 38.0 Å². The van der Waals surface area contributed by atoms with Gasteiger partial charge in [-0.3, -0.25) is 9.59 Å². The predicted molar refractivity (Wildman–Crippen MR) is 147 cm³/mol. The molecule has 3 rings (SSSR count). The molecule has 0 bridgehead atoms. The third-order valence-electron chi connectivity index (χ3n) is 7.14. The van der Waals surface area contributed by atoms with E-state index in [0.717, 1.165) is 25.7 Å². The first-order valence-electron chi connectivity index (χ1n) is 13.0. The lowest BCUT2D eigenvalue weighted by Gasteiger charge is -2.42. The van der Waals surface area contributed by atoms with Crippen molar-refractivity contribution >= 4 is 34.4 Å². The summed E-state index contributed by atoms with van der Waals surface area (Å²) in [5.74, 6) is 0.717. The highest BCUT2D eigenvalue weighted by Gasteiger charge is 2.41. The quantitative estimate of drug-likeness (QED) is 0.277. The van der Waals surface area contributed by atoms with Gasteiger partial charge >= 0.3 is 0 Å². The molecule has 0 unspecified atom stereocenters. The van der Waals surface area contributed by atoms with Gasteiger partial charge in [-0.1, -0.05) is 26.2 Å². The number of amides is 2. The molecule has 9 nitrogen and oxygen atoms in total. The van der Waals surface area contributed by atoms with E-state index in [4.69, 9.17) is 9.47 Å². The first-order chi connectivity index (χ1) is 17.8. The van der Waals surface area contributed by atoms with Gasteiger partial charge in [0, 0.05) is 31.5 Å². The Morgan fingerprint density at radius 1 is 1.19 bits per heavy atom. The largest absolute Gasteiger partial charge is 0.493 e. The number of nitrogens with one attached hydrogen (secondary N) is 1. The third-order valence-corrected chi connectivity index (χ3v) is 7.94.